The Bertz CT molecular complexity index is 1350. The lowest BCUT2D eigenvalue weighted by Crippen LogP contribution is -2.01. The quantitative estimate of drug-likeness (QED) is 0.141. The number of rotatable bonds is 7. The molecule has 0 radical (unpaired) electrons. The molecule has 0 aliphatic heterocycles. The van der Waals surface area contributed by atoms with E-state index >= 15 is 0 Å². The number of nitrogens with zero attached hydrogens (tertiary/aromatic N) is 1. The van der Waals surface area contributed by atoms with E-state index in [1.54, 1.807) is 14.2 Å². The van der Waals surface area contributed by atoms with Gasteiger partial charge in [-0.2, -0.15) is 5.26 Å². The smallest absolute Gasteiger partial charge is 0.174 e. The van der Waals surface area contributed by atoms with Gasteiger partial charge in [0, 0.05) is 0 Å². The molecule has 0 heterocycles. The van der Waals surface area contributed by atoms with Crippen LogP contribution in [-0.4, -0.2) is 14.2 Å². The Morgan fingerprint density at radius 1 is 0.939 bits per heavy atom. The van der Waals surface area contributed by atoms with Gasteiger partial charge in [0.15, 0.2) is 11.5 Å². The number of nitriles is 1. The summed E-state index contributed by atoms with van der Waals surface area (Å²) in [5.41, 5.74) is 3.35. The molecule has 0 amide bonds. The lowest BCUT2D eigenvalue weighted by atomic mass is 10.0. The maximum atomic E-state index is 9.71. The van der Waals surface area contributed by atoms with E-state index in [4.69, 9.17) is 14.2 Å². The molecular weight excluding hydrogens is 525 g/mol. The van der Waals surface area contributed by atoms with E-state index in [1.807, 2.05) is 60.7 Å². The van der Waals surface area contributed by atoms with Gasteiger partial charge in [0.2, 0.25) is 0 Å². The van der Waals surface area contributed by atoms with Crippen LogP contribution in [-0.2, 0) is 6.61 Å². The molecule has 4 aromatic carbocycles. The van der Waals surface area contributed by atoms with E-state index in [2.05, 4.69) is 52.9 Å². The summed E-state index contributed by atoms with van der Waals surface area (Å²) in [4.78, 5) is 0. The van der Waals surface area contributed by atoms with Crippen molar-refractivity contribution in [3.8, 4) is 23.3 Å². The van der Waals surface area contributed by atoms with Gasteiger partial charge in [0.05, 0.1) is 29.4 Å². The van der Waals surface area contributed by atoms with Crippen LogP contribution in [0.3, 0.4) is 0 Å². The largest absolute Gasteiger partial charge is 0.497 e. The summed E-state index contributed by atoms with van der Waals surface area (Å²) >= 11 is 2.24. The first-order chi connectivity index (χ1) is 16.1. The Kier molecular flexibility index (Phi) is 7.16. The van der Waals surface area contributed by atoms with Crippen molar-refractivity contribution in [3.05, 3.63) is 99.1 Å². The molecule has 4 rings (SSSR count). The topological polar surface area (TPSA) is 51.5 Å². The highest BCUT2D eigenvalue weighted by Gasteiger charge is 2.13. The molecule has 0 aromatic heterocycles. The van der Waals surface area contributed by atoms with Crippen LogP contribution in [0.5, 0.6) is 17.2 Å². The molecule has 0 N–H and O–H groups in total. The molecular formula is C28H22INO3. The highest BCUT2D eigenvalue weighted by molar-refractivity contribution is 14.1. The number of ether oxygens (including phenoxy) is 3. The molecule has 33 heavy (non-hydrogen) atoms. The molecule has 0 atom stereocenters. The zero-order valence-electron chi connectivity index (χ0n) is 18.3. The molecule has 4 nitrogen and oxygen atoms in total. The van der Waals surface area contributed by atoms with Crippen molar-refractivity contribution in [3.63, 3.8) is 0 Å². The second kappa shape index (κ2) is 10.4. The van der Waals surface area contributed by atoms with Gasteiger partial charge in [0.1, 0.15) is 12.4 Å². The van der Waals surface area contributed by atoms with Crippen molar-refractivity contribution >= 4 is 45.0 Å². The first-order valence-electron chi connectivity index (χ1n) is 10.4. The zero-order valence-corrected chi connectivity index (χ0v) is 20.5. The third-order valence-electron chi connectivity index (χ3n) is 5.34. The standard InChI is InChI=1S/C28H22INO3/c1-31-24-12-10-20(11-13-24)23(17-30)14-19-15-26(29)28(27(16-19)32-2)33-18-22-8-5-7-21-6-3-4-9-25(21)22/h3-16H,18H2,1-2H3/b23-14+. The summed E-state index contributed by atoms with van der Waals surface area (Å²) in [5, 5.41) is 12.1. The second-order valence-corrected chi connectivity index (χ2v) is 8.52. The van der Waals surface area contributed by atoms with Gasteiger partial charge in [-0.15, -0.1) is 0 Å². The van der Waals surface area contributed by atoms with Gasteiger partial charge < -0.3 is 14.2 Å². The SMILES string of the molecule is COc1ccc(/C(C#N)=C/c2cc(I)c(OCc3cccc4ccccc34)c(OC)c2)cc1. The minimum absolute atomic E-state index is 0.429. The maximum Gasteiger partial charge on any atom is 0.174 e. The third-order valence-corrected chi connectivity index (χ3v) is 6.14. The summed E-state index contributed by atoms with van der Waals surface area (Å²) < 4.78 is 18.0. The van der Waals surface area contributed by atoms with Crippen LogP contribution in [0.15, 0.2) is 78.9 Å². The lowest BCUT2D eigenvalue weighted by Gasteiger charge is -2.15. The molecule has 0 saturated carbocycles. The first kappa shape index (κ1) is 22.7. The van der Waals surface area contributed by atoms with Crippen molar-refractivity contribution in [2.75, 3.05) is 14.2 Å². The predicted molar refractivity (Wildman–Crippen MR) is 140 cm³/mol. The van der Waals surface area contributed by atoms with Crippen molar-refractivity contribution in [2.45, 2.75) is 6.61 Å². The molecule has 0 saturated heterocycles. The van der Waals surface area contributed by atoms with Crippen molar-refractivity contribution in [1.29, 1.82) is 5.26 Å². The Morgan fingerprint density at radius 2 is 1.70 bits per heavy atom. The normalized spacial score (nSPS) is 11.2. The van der Waals surface area contributed by atoms with Crippen LogP contribution >= 0.6 is 22.6 Å². The minimum atomic E-state index is 0.429. The summed E-state index contributed by atoms with van der Waals surface area (Å²) in [5.74, 6) is 2.06. The van der Waals surface area contributed by atoms with Crippen molar-refractivity contribution in [1.82, 2.24) is 0 Å². The van der Waals surface area contributed by atoms with Gasteiger partial charge in [-0.3, -0.25) is 0 Å². The van der Waals surface area contributed by atoms with Crippen LogP contribution in [0.4, 0.5) is 0 Å². The van der Waals surface area contributed by atoms with E-state index in [0.29, 0.717) is 23.7 Å². The van der Waals surface area contributed by atoms with Crippen LogP contribution in [0, 0.1) is 14.9 Å². The fourth-order valence-corrected chi connectivity index (χ4v) is 4.43. The molecule has 0 aliphatic carbocycles. The fourth-order valence-electron chi connectivity index (χ4n) is 3.65. The van der Waals surface area contributed by atoms with E-state index in [0.717, 1.165) is 26.0 Å². The summed E-state index contributed by atoms with van der Waals surface area (Å²) in [6, 6.07) is 28.1. The number of hydrogen-bond donors (Lipinski definition) is 0. The van der Waals surface area contributed by atoms with Gasteiger partial charge in [-0.1, -0.05) is 42.5 Å². The average Bonchev–Trinajstić information content (AvgIpc) is 2.86. The maximum absolute atomic E-state index is 9.71. The second-order valence-electron chi connectivity index (χ2n) is 7.36. The van der Waals surface area contributed by atoms with E-state index in [-0.39, 0.29) is 0 Å². The Morgan fingerprint density at radius 3 is 2.42 bits per heavy atom. The minimum Gasteiger partial charge on any atom is -0.497 e. The number of fused-ring (bicyclic) bond motifs is 1. The predicted octanol–water partition coefficient (Wildman–Crippen LogP) is 7.10. The van der Waals surface area contributed by atoms with Crippen LogP contribution in [0.1, 0.15) is 16.7 Å². The monoisotopic (exact) mass is 547 g/mol. The van der Waals surface area contributed by atoms with Gasteiger partial charge in [-0.25, -0.2) is 0 Å². The van der Waals surface area contributed by atoms with Gasteiger partial charge >= 0.3 is 0 Å². The summed E-state index contributed by atoms with van der Waals surface area (Å²) in [6.07, 6.45) is 1.85. The van der Waals surface area contributed by atoms with Crippen LogP contribution < -0.4 is 14.2 Å². The van der Waals surface area contributed by atoms with E-state index in [9.17, 15) is 5.26 Å². The Balaban J connectivity index is 1.62. The molecule has 0 fully saturated rings. The number of benzene rings is 4. The number of methoxy groups -OCH3 is 2. The third kappa shape index (κ3) is 5.12. The van der Waals surface area contributed by atoms with Crippen molar-refractivity contribution in [2.24, 2.45) is 0 Å². The van der Waals surface area contributed by atoms with Crippen LogP contribution in [0.2, 0.25) is 0 Å². The number of allylic oxidation sites excluding steroid dienone is 1. The van der Waals surface area contributed by atoms with E-state index < -0.39 is 0 Å². The zero-order chi connectivity index (χ0) is 23.2. The Labute approximate surface area is 207 Å². The van der Waals surface area contributed by atoms with Crippen LogP contribution in [0.25, 0.3) is 22.4 Å². The van der Waals surface area contributed by atoms with Gasteiger partial charge in [-0.05, 0) is 92.5 Å². The molecule has 0 aliphatic rings. The summed E-state index contributed by atoms with van der Waals surface area (Å²) in [7, 11) is 3.24. The molecule has 0 unspecified atom stereocenters. The molecule has 5 heteroatoms. The van der Waals surface area contributed by atoms with Gasteiger partial charge in [0.25, 0.3) is 0 Å². The highest BCUT2D eigenvalue weighted by atomic mass is 127. The van der Waals surface area contributed by atoms with E-state index in [1.165, 1.54) is 10.8 Å². The average molecular weight is 547 g/mol. The molecule has 0 spiro atoms. The molecule has 4 aromatic rings. The fraction of sp³-hybridized carbons (Fsp3) is 0.107. The molecule has 164 valence electrons. The lowest BCUT2D eigenvalue weighted by molar-refractivity contribution is 0.283. The highest BCUT2D eigenvalue weighted by Crippen LogP contribution is 2.36. The number of hydrogen-bond acceptors (Lipinski definition) is 4. The molecule has 0 bridgehead atoms. The Hall–Kier alpha value is -3.50. The number of halogens is 1. The summed E-state index contributed by atoms with van der Waals surface area (Å²) in [6.45, 7) is 0.429. The first-order valence-corrected chi connectivity index (χ1v) is 11.4. The van der Waals surface area contributed by atoms with Crippen molar-refractivity contribution < 1.29 is 14.2 Å².